The van der Waals surface area contributed by atoms with Crippen LogP contribution in [-0.2, 0) is 12.8 Å². The summed E-state index contributed by atoms with van der Waals surface area (Å²) < 4.78 is 12.9. The van der Waals surface area contributed by atoms with Gasteiger partial charge in [0.2, 0.25) is 0 Å². The molecule has 0 unspecified atom stereocenters. The summed E-state index contributed by atoms with van der Waals surface area (Å²) in [5.74, 6) is 2.05. The van der Waals surface area contributed by atoms with Crippen molar-refractivity contribution in [1.82, 2.24) is 0 Å². The Hall–Kier alpha value is -1.43. The van der Waals surface area contributed by atoms with Crippen molar-refractivity contribution in [2.45, 2.75) is 78.4 Å². The highest BCUT2D eigenvalue weighted by molar-refractivity contribution is 6.46. The van der Waals surface area contributed by atoms with Gasteiger partial charge in [0, 0.05) is 0 Å². The molecule has 3 heteroatoms. The second-order valence-electron chi connectivity index (χ2n) is 7.50. The SMILES string of the molecule is CCCCc1cc(C)ccc1[O][Al]([CH2]C)[O]c1ccc(C)cc1CCCC. The standard InChI is InChI=1S/2C11H16O.C2H5.Al/c2*1-3-4-5-10-8-9(2)6-7-11(10)12;1-2;/h2*6-8,12H,3-5H2,1-2H3;1H2,2H3;/q;;;+2/p-2. The monoisotopic (exact) mass is 382 g/mol. The molecule has 146 valence electrons. The summed E-state index contributed by atoms with van der Waals surface area (Å²) >= 11 is -1.82. The molecule has 0 aliphatic rings. The lowest BCUT2D eigenvalue weighted by atomic mass is 10.1. The maximum Gasteiger partial charge on any atom is 0.856 e. The zero-order chi connectivity index (χ0) is 19.6. The summed E-state index contributed by atoms with van der Waals surface area (Å²) in [5, 5.41) is 0.947. The fourth-order valence-corrected chi connectivity index (χ4v) is 4.65. The van der Waals surface area contributed by atoms with E-state index in [1.807, 2.05) is 0 Å². The minimum absolute atomic E-state index is 0.947. The fourth-order valence-electron chi connectivity index (χ4n) is 3.25. The van der Waals surface area contributed by atoms with Crippen LogP contribution in [0.3, 0.4) is 0 Å². The summed E-state index contributed by atoms with van der Waals surface area (Å²) in [4.78, 5) is 0. The van der Waals surface area contributed by atoms with Crippen molar-refractivity contribution in [2.24, 2.45) is 0 Å². The van der Waals surface area contributed by atoms with Crippen molar-refractivity contribution in [1.29, 1.82) is 0 Å². The van der Waals surface area contributed by atoms with Crippen LogP contribution < -0.4 is 7.58 Å². The summed E-state index contributed by atoms with van der Waals surface area (Å²) in [6.07, 6.45) is 6.93. The molecule has 2 aromatic rings. The summed E-state index contributed by atoms with van der Waals surface area (Å²) in [6, 6.07) is 13.1. The highest BCUT2D eigenvalue weighted by Crippen LogP contribution is 2.26. The van der Waals surface area contributed by atoms with E-state index in [-0.39, 0.29) is 0 Å². The molecule has 2 rings (SSSR count). The quantitative estimate of drug-likeness (QED) is 0.391. The van der Waals surface area contributed by atoms with E-state index in [0.717, 1.165) is 29.6 Å². The van der Waals surface area contributed by atoms with E-state index < -0.39 is 14.8 Å². The molecule has 0 atom stereocenters. The lowest BCUT2D eigenvalue weighted by Gasteiger charge is -2.20. The van der Waals surface area contributed by atoms with Crippen LogP contribution in [0.5, 0.6) is 11.5 Å². The molecule has 0 aliphatic heterocycles. The third-order valence-electron chi connectivity index (χ3n) is 4.88. The highest BCUT2D eigenvalue weighted by Gasteiger charge is 2.31. The Morgan fingerprint density at radius 3 is 1.52 bits per heavy atom. The Kier molecular flexibility index (Phi) is 9.25. The number of hydrogen-bond donors (Lipinski definition) is 0. The number of rotatable bonds is 11. The molecular formula is C24H35AlO2. The van der Waals surface area contributed by atoms with Crippen molar-refractivity contribution in [3.63, 3.8) is 0 Å². The maximum absolute atomic E-state index is 6.46. The second kappa shape index (κ2) is 11.4. The van der Waals surface area contributed by atoms with Crippen LogP contribution in [0.25, 0.3) is 0 Å². The van der Waals surface area contributed by atoms with Gasteiger partial charge in [-0.3, -0.25) is 0 Å². The molecule has 0 amide bonds. The lowest BCUT2D eigenvalue weighted by molar-refractivity contribution is 0.416. The lowest BCUT2D eigenvalue weighted by Crippen LogP contribution is -2.29. The molecular weight excluding hydrogens is 347 g/mol. The average Bonchev–Trinajstić information content (AvgIpc) is 2.67. The molecule has 0 radical (unpaired) electrons. The topological polar surface area (TPSA) is 18.5 Å². The Morgan fingerprint density at radius 1 is 0.704 bits per heavy atom. The molecule has 0 saturated heterocycles. The highest BCUT2D eigenvalue weighted by atomic mass is 27.2. The average molecular weight is 383 g/mol. The van der Waals surface area contributed by atoms with Crippen LogP contribution in [0.4, 0.5) is 0 Å². The predicted octanol–water partition coefficient (Wildman–Crippen LogP) is 6.95. The first kappa shape index (κ1) is 21.9. The molecule has 0 saturated carbocycles. The Bertz CT molecular complexity index is 652. The Labute approximate surface area is 171 Å². The zero-order valence-corrected chi connectivity index (χ0v) is 19.0. The molecule has 0 heterocycles. The summed E-state index contributed by atoms with van der Waals surface area (Å²) in [6.45, 7) is 10.9. The second-order valence-corrected chi connectivity index (χ2v) is 9.65. The minimum Gasteiger partial charge on any atom is -0.612 e. The molecule has 27 heavy (non-hydrogen) atoms. The molecule has 0 aliphatic carbocycles. The first-order chi connectivity index (χ1) is 13.1. The van der Waals surface area contributed by atoms with Gasteiger partial charge < -0.3 is 7.58 Å². The van der Waals surface area contributed by atoms with Gasteiger partial charge >= 0.3 is 14.8 Å². The van der Waals surface area contributed by atoms with E-state index in [4.69, 9.17) is 7.58 Å². The van der Waals surface area contributed by atoms with E-state index in [1.54, 1.807) is 0 Å². The fraction of sp³-hybridized carbons (Fsp3) is 0.500. The van der Waals surface area contributed by atoms with Gasteiger partial charge in [-0.2, -0.15) is 0 Å². The van der Waals surface area contributed by atoms with Gasteiger partial charge in [-0.25, -0.2) is 0 Å². The van der Waals surface area contributed by atoms with Gasteiger partial charge in [-0.05, 0) is 68.1 Å². The molecule has 0 fully saturated rings. The van der Waals surface area contributed by atoms with Crippen molar-refractivity contribution in [3.05, 3.63) is 58.7 Å². The number of unbranched alkanes of at least 4 members (excludes halogenated alkanes) is 2. The van der Waals surface area contributed by atoms with E-state index in [2.05, 4.69) is 71.0 Å². The normalized spacial score (nSPS) is 10.7. The number of hydrogen-bond acceptors (Lipinski definition) is 2. The van der Waals surface area contributed by atoms with Gasteiger partial charge in [0.25, 0.3) is 0 Å². The van der Waals surface area contributed by atoms with Gasteiger partial charge in [0.1, 0.15) is 0 Å². The molecule has 2 aromatic carbocycles. The first-order valence-electron chi connectivity index (χ1n) is 10.6. The first-order valence-corrected chi connectivity index (χ1v) is 12.4. The predicted molar refractivity (Wildman–Crippen MR) is 117 cm³/mol. The maximum atomic E-state index is 6.46. The smallest absolute Gasteiger partial charge is 0.612 e. The van der Waals surface area contributed by atoms with Gasteiger partial charge in [0.15, 0.2) is 0 Å². The van der Waals surface area contributed by atoms with Crippen LogP contribution in [-0.4, -0.2) is 14.8 Å². The third kappa shape index (κ3) is 6.91. The minimum atomic E-state index is -1.82. The molecule has 0 aromatic heterocycles. The van der Waals surface area contributed by atoms with E-state index in [9.17, 15) is 0 Å². The Morgan fingerprint density at radius 2 is 1.15 bits per heavy atom. The van der Waals surface area contributed by atoms with Crippen LogP contribution in [0.2, 0.25) is 5.28 Å². The molecule has 0 bridgehead atoms. The van der Waals surface area contributed by atoms with Gasteiger partial charge in [-0.1, -0.05) is 69.0 Å². The number of benzene rings is 2. The Balaban J connectivity index is 2.17. The number of aryl methyl sites for hydroxylation is 4. The molecule has 2 nitrogen and oxygen atoms in total. The van der Waals surface area contributed by atoms with Crippen molar-refractivity contribution in [3.8, 4) is 11.5 Å². The zero-order valence-electron chi connectivity index (χ0n) is 17.8. The summed E-state index contributed by atoms with van der Waals surface area (Å²) in [5.41, 5.74) is 5.23. The molecule has 0 N–H and O–H groups in total. The third-order valence-corrected chi connectivity index (χ3v) is 6.58. The molecule has 0 spiro atoms. The van der Waals surface area contributed by atoms with Crippen LogP contribution >= 0.6 is 0 Å². The van der Waals surface area contributed by atoms with Gasteiger partial charge in [-0.15, -0.1) is 0 Å². The van der Waals surface area contributed by atoms with E-state index in [1.165, 1.54) is 47.9 Å². The van der Waals surface area contributed by atoms with Crippen molar-refractivity contribution in [2.75, 3.05) is 0 Å². The van der Waals surface area contributed by atoms with Crippen molar-refractivity contribution < 1.29 is 7.58 Å². The van der Waals surface area contributed by atoms with E-state index in [0.29, 0.717) is 0 Å². The van der Waals surface area contributed by atoms with Crippen LogP contribution in [0.1, 0.15) is 68.7 Å². The largest absolute Gasteiger partial charge is 0.856 e. The van der Waals surface area contributed by atoms with Crippen LogP contribution in [0, 0.1) is 13.8 Å². The van der Waals surface area contributed by atoms with Crippen molar-refractivity contribution >= 4 is 14.8 Å². The summed E-state index contributed by atoms with van der Waals surface area (Å²) in [7, 11) is 0. The van der Waals surface area contributed by atoms with Gasteiger partial charge in [0.05, 0.1) is 11.5 Å². The van der Waals surface area contributed by atoms with Crippen LogP contribution in [0.15, 0.2) is 36.4 Å². The van der Waals surface area contributed by atoms with E-state index >= 15 is 0 Å².